The molecule has 0 saturated heterocycles. The first kappa shape index (κ1) is 14.8. The van der Waals surface area contributed by atoms with Crippen LogP contribution in [0.4, 0.5) is 0 Å². The Morgan fingerprint density at radius 3 is 2.95 bits per heavy atom. The number of carbonyl (C=O) groups excluding carboxylic acids is 1. The maximum atomic E-state index is 11.7. The Labute approximate surface area is 136 Å². The molecule has 0 unspecified atom stereocenters. The van der Waals surface area contributed by atoms with Crippen LogP contribution < -0.4 is 4.74 Å². The molecular weight excluding hydrogens is 322 g/mol. The van der Waals surface area contributed by atoms with Crippen molar-refractivity contribution in [2.24, 2.45) is 0 Å². The fourth-order valence-electron chi connectivity index (χ4n) is 2.01. The Balaban J connectivity index is 1.85. The van der Waals surface area contributed by atoms with E-state index < -0.39 is 5.97 Å². The van der Waals surface area contributed by atoms with Crippen LogP contribution in [0.5, 0.6) is 5.75 Å². The van der Waals surface area contributed by atoms with Gasteiger partial charge in [0, 0.05) is 28.0 Å². The van der Waals surface area contributed by atoms with E-state index in [-0.39, 0.29) is 0 Å². The van der Waals surface area contributed by atoms with Crippen LogP contribution in [0.25, 0.3) is 10.1 Å². The third kappa shape index (κ3) is 2.91. The minimum Gasteiger partial charge on any atom is -0.489 e. The smallest absolute Gasteiger partial charge is 0.349 e. The van der Waals surface area contributed by atoms with Gasteiger partial charge < -0.3 is 9.47 Å². The molecule has 4 nitrogen and oxygen atoms in total. The summed E-state index contributed by atoms with van der Waals surface area (Å²) in [6.45, 7) is 0.433. The lowest BCUT2D eigenvalue weighted by atomic mass is 10.2. The number of esters is 1. The number of benzene rings is 1. The SMILES string of the molecule is COC(=O)c1sc2cc(OCc3cccnc3)ccc2c1Cl. The average Bonchev–Trinajstić information content (AvgIpc) is 2.89. The van der Waals surface area contributed by atoms with Gasteiger partial charge in [0.05, 0.1) is 12.1 Å². The lowest BCUT2D eigenvalue weighted by Gasteiger charge is -2.05. The molecule has 6 heteroatoms. The fourth-order valence-corrected chi connectivity index (χ4v) is 3.46. The number of nitrogens with zero attached hydrogens (tertiary/aromatic N) is 1. The highest BCUT2D eigenvalue weighted by molar-refractivity contribution is 7.21. The standard InChI is InChI=1S/C16H12ClNO3S/c1-20-16(19)15-14(17)12-5-4-11(7-13(12)22-15)21-9-10-3-2-6-18-8-10/h2-8H,9H2,1H3. The summed E-state index contributed by atoms with van der Waals surface area (Å²) < 4.78 is 11.4. The van der Waals surface area contributed by atoms with Gasteiger partial charge in [-0.3, -0.25) is 4.98 Å². The lowest BCUT2D eigenvalue weighted by Crippen LogP contribution is -1.97. The van der Waals surface area contributed by atoms with E-state index in [1.807, 2.05) is 30.3 Å². The maximum Gasteiger partial charge on any atom is 0.349 e. The van der Waals surface area contributed by atoms with Gasteiger partial charge in [0.15, 0.2) is 0 Å². The number of methoxy groups -OCH3 is 1. The predicted octanol–water partition coefficient (Wildman–Crippen LogP) is 4.32. The van der Waals surface area contributed by atoms with E-state index in [2.05, 4.69) is 4.98 Å². The van der Waals surface area contributed by atoms with Gasteiger partial charge in [-0.2, -0.15) is 0 Å². The summed E-state index contributed by atoms with van der Waals surface area (Å²) in [7, 11) is 1.34. The van der Waals surface area contributed by atoms with Gasteiger partial charge in [-0.1, -0.05) is 17.7 Å². The third-order valence-electron chi connectivity index (χ3n) is 3.10. The largest absolute Gasteiger partial charge is 0.489 e. The predicted molar refractivity (Wildman–Crippen MR) is 86.7 cm³/mol. The van der Waals surface area contributed by atoms with Crippen molar-refractivity contribution in [1.82, 2.24) is 4.98 Å². The van der Waals surface area contributed by atoms with E-state index in [1.54, 1.807) is 12.4 Å². The molecular formula is C16H12ClNO3S. The van der Waals surface area contributed by atoms with Gasteiger partial charge in [-0.15, -0.1) is 11.3 Å². The number of fused-ring (bicyclic) bond motifs is 1. The van der Waals surface area contributed by atoms with Crippen LogP contribution in [0.15, 0.2) is 42.7 Å². The molecule has 112 valence electrons. The van der Waals surface area contributed by atoms with Gasteiger partial charge in [0.2, 0.25) is 0 Å². The number of carbonyl (C=O) groups is 1. The van der Waals surface area contributed by atoms with E-state index in [4.69, 9.17) is 21.1 Å². The number of halogens is 1. The number of pyridine rings is 1. The third-order valence-corrected chi connectivity index (χ3v) is 4.74. The Morgan fingerprint density at radius 2 is 2.23 bits per heavy atom. The molecule has 3 rings (SSSR count). The highest BCUT2D eigenvalue weighted by Gasteiger charge is 2.17. The summed E-state index contributed by atoms with van der Waals surface area (Å²) in [5.74, 6) is 0.287. The van der Waals surface area contributed by atoms with Crippen LogP contribution in [0, 0.1) is 0 Å². The summed E-state index contributed by atoms with van der Waals surface area (Å²) in [6.07, 6.45) is 3.48. The summed E-state index contributed by atoms with van der Waals surface area (Å²) in [4.78, 5) is 16.1. The summed E-state index contributed by atoms with van der Waals surface area (Å²) in [6, 6.07) is 9.36. The Hall–Kier alpha value is -2.11. The van der Waals surface area contributed by atoms with Crippen LogP contribution in [-0.4, -0.2) is 18.1 Å². The van der Waals surface area contributed by atoms with Crippen molar-refractivity contribution in [3.63, 3.8) is 0 Å². The molecule has 0 saturated carbocycles. The van der Waals surface area contributed by atoms with Crippen LogP contribution in [0.1, 0.15) is 15.2 Å². The second-order valence-electron chi connectivity index (χ2n) is 4.54. The zero-order chi connectivity index (χ0) is 15.5. The molecule has 0 atom stereocenters. The van der Waals surface area contributed by atoms with Crippen LogP contribution in [-0.2, 0) is 11.3 Å². The Bertz CT molecular complexity index is 817. The number of rotatable bonds is 4. The quantitative estimate of drug-likeness (QED) is 0.667. The normalized spacial score (nSPS) is 10.6. The maximum absolute atomic E-state index is 11.7. The average molecular weight is 334 g/mol. The van der Waals surface area contributed by atoms with E-state index in [9.17, 15) is 4.79 Å². The Morgan fingerprint density at radius 1 is 1.36 bits per heavy atom. The number of aromatic nitrogens is 1. The van der Waals surface area contributed by atoms with Gasteiger partial charge in [0.25, 0.3) is 0 Å². The summed E-state index contributed by atoms with van der Waals surface area (Å²) in [5.41, 5.74) is 0.988. The molecule has 0 fully saturated rings. The van der Waals surface area contributed by atoms with Crippen molar-refractivity contribution in [2.45, 2.75) is 6.61 Å². The second-order valence-corrected chi connectivity index (χ2v) is 5.97. The van der Waals surface area contributed by atoms with Crippen molar-refractivity contribution < 1.29 is 14.3 Å². The van der Waals surface area contributed by atoms with Crippen molar-refractivity contribution in [3.8, 4) is 5.75 Å². The molecule has 0 N–H and O–H groups in total. The van der Waals surface area contributed by atoms with Crippen LogP contribution >= 0.6 is 22.9 Å². The van der Waals surface area contributed by atoms with E-state index in [1.165, 1.54) is 18.4 Å². The van der Waals surface area contributed by atoms with Gasteiger partial charge >= 0.3 is 5.97 Å². The topological polar surface area (TPSA) is 48.4 Å². The molecule has 0 aliphatic heterocycles. The van der Waals surface area contributed by atoms with Gasteiger partial charge in [0.1, 0.15) is 17.2 Å². The first-order chi connectivity index (χ1) is 10.7. The van der Waals surface area contributed by atoms with Crippen LogP contribution in [0.2, 0.25) is 5.02 Å². The number of hydrogen-bond acceptors (Lipinski definition) is 5. The molecule has 0 bridgehead atoms. The zero-order valence-electron chi connectivity index (χ0n) is 11.7. The molecule has 0 radical (unpaired) electrons. The summed E-state index contributed by atoms with van der Waals surface area (Å²) >= 11 is 7.51. The second kappa shape index (κ2) is 6.34. The monoisotopic (exact) mass is 333 g/mol. The fraction of sp³-hybridized carbons (Fsp3) is 0.125. The summed E-state index contributed by atoms with van der Waals surface area (Å²) in [5, 5.41) is 1.24. The molecule has 2 heterocycles. The molecule has 22 heavy (non-hydrogen) atoms. The molecule has 0 amide bonds. The van der Waals surface area contributed by atoms with Gasteiger partial charge in [-0.25, -0.2) is 4.79 Å². The van der Waals surface area contributed by atoms with Crippen molar-refractivity contribution >= 4 is 39.0 Å². The minimum atomic E-state index is -0.427. The number of ether oxygens (including phenoxy) is 2. The van der Waals surface area contributed by atoms with Gasteiger partial charge in [-0.05, 0) is 24.3 Å². The highest BCUT2D eigenvalue weighted by atomic mass is 35.5. The lowest BCUT2D eigenvalue weighted by molar-refractivity contribution is 0.0606. The molecule has 3 aromatic rings. The first-order valence-electron chi connectivity index (χ1n) is 6.51. The molecule has 2 aromatic heterocycles. The molecule has 0 spiro atoms. The number of thiophene rings is 1. The zero-order valence-corrected chi connectivity index (χ0v) is 13.3. The van der Waals surface area contributed by atoms with Crippen molar-refractivity contribution in [3.05, 3.63) is 58.2 Å². The van der Waals surface area contributed by atoms with Crippen LogP contribution in [0.3, 0.4) is 0 Å². The van der Waals surface area contributed by atoms with E-state index >= 15 is 0 Å². The first-order valence-corrected chi connectivity index (χ1v) is 7.70. The van der Waals surface area contributed by atoms with Crippen molar-refractivity contribution in [1.29, 1.82) is 0 Å². The molecule has 0 aliphatic carbocycles. The molecule has 1 aromatic carbocycles. The van der Waals surface area contributed by atoms with E-state index in [0.717, 1.165) is 15.6 Å². The van der Waals surface area contributed by atoms with E-state index in [0.29, 0.717) is 22.3 Å². The molecule has 0 aliphatic rings. The highest BCUT2D eigenvalue weighted by Crippen LogP contribution is 2.37. The Kier molecular flexibility index (Phi) is 4.27. The number of hydrogen-bond donors (Lipinski definition) is 0. The van der Waals surface area contributed by atoms with Crippen molar-refractivity contribution in [2.75, 3.05) is 7.11 Å². The minimum absolute atomic E-state index is 0.406.